The molecule has 2 amide bonds. The van der Waals surface area contributed by atoms with Gasteiger partial charge in [0.25, 0.3) is 5.91 Å². The van der Waals surface area contributed by atoms with Gasteiger partial charge in [0.2, 0.25) is 5.91 Å². The summed E-state index contributed by atoms with van der Waals surface area (Å²) in [5.41, 5.74) is 2.78. The molecule has 0 aliphatic carbocycles. The molecule has 0 saturated carbocycles. The van der Waals surface area contributed by atoms with Gasteiger partial charge in [0.15, 0.2) is 0 Å². The Labute approximate surface area is 147 Å². The van der Waals surface area contributed by atoms with Crippen molar-refractivity contribution in [2.24, 2.45) is 0 Å². The third-order valence-corrected chi connectivity index (χ3v) is 3.99. The summed E-state index contributed by atoms with van der Waals surface area (Å²) in [4.78, 5) is 23.9. The van der Waals surface area contributed by atoms with E-state index in [0.717, 1.165) is 0 Å². The number of hydrogen-bond acceptors (Lipinski definition) is 2. The number of benzene rings is 2. The van der Waals surface area contributed by atoms with Crippen molar-refractivity contribution >= 4 is 34.8 Å². The fourth-order valence-electron chi connectivity index (χ4n) is 2.16. The number of anilines is 2. The zero-order valence-corrected chi connectivity index (χ0v) is 14.8. The maximum Gasteiger partial charge on any atom is 0.255 e. The van der Waals surface area contributed by atoms with Crippen LogP contribution < -0.4 is 10.6 Å². The van der Waals surface area contributed by atoms with Gasteiger partial charge in [-0.1, -0.05) is 44.5 Å². The Bertz CT molecular complexity index is 740. The molecule has 126 valence electrons. The van der Waals surface area contributed by atoms with Crippen LogP contribution in [0.4, 0.5) is 11.4 Å². The van der Waals surface area contributed by atoms with Crippen LogP contribution in [0, 0.1) is 0 Å². The Balaban J connectivity index is 2.15. The fraction of sp³-hybridized carbons (Fsp3) is 0.263. The first kappa shape index (κ1) is 18.0. The third-order valence-electron chi connectivity index (χ3n) is 3.66. The first-order valence-electron chi connectivity index (χ1n) is 7.91. The number of hydrogen-bond donors (Lipinski definition) is 2. The zero-order valence-electron chi connectivity index (χ0n) is 14.0. The van der Waals surface area contributed by atoms with Crippen LogP contribution in [0.5, 0.6) is 0 Å². The molecule has 0 bridgehead atoms. The predicted octanol–water partition coefficient (Wildman–Crippen LogP) is 5.06. The molecule has 4 nitrogen and oxygen atoms in total. The van der Waals surface area contributed by atoms with Crippen LogP contribution in [0.1, 0.15) is 49.0 Å². The lowest BCUT2D eigenvalue weighted by atomic mass is 10.0. The minimum Gasteiger partial charge on any atom is -0.326 e. The Morgan fingerprint density at radius 1 is 1.04 bits per heavy atom. The summed E-state index contributed by atoms with van der Waals surface area (Å²) in [6, 6.07) is 12.5. The SMILES string of the molecule is CCC(=O)Nc1ccc(Cl)c(NC(=O)c2ccc(C(C)C)cc2)c1. The number of rotatable bonds is 5. The van der Waals surface area contributed by atoms with E-state index in [1.165, 1.54) is 5.56 Å². The summed E-state index contributed by atoms with van der Waals surface area (Å²) in [7, 11) is 0. The maximum absolute atomic E-state index is 12.4. The first-order chi connectivity index (χ1) is 11.4. The summed E-state index contributed by atoms with van der Waals surface area (Å²) in [5, 5.41) is 5.94. The number of halogens is 1. The molecular weight excluding hydrogens is 324 g/mol. The highest BCUT2D eigenvalue weighted by Crippen LogP contribution is 2.26. The van der Waals surface area contributed by atoms with Crippen LogP contribution in [-0.2, 0) is 4.79 Å². The van der Waals surface area contributed by atoms with Gasteiger partial charge in [-0.2, -0.15) is 0 Å². The predicted molar refractivity (Wildman–Crippen MR) is 98.9 cm³/mol. The second kappa shape index (κ2) is 7.97. The molecule has 2 N–H and O–H groups in total. The Morgan fingerprint density at radius 3 is 2.29 bits per heavy atom. The van der Waals surface area contributed by atoms with Crippen molar-refractivity contribution in [1.29, 1.82) is 0 Å². The van der Waals surface area contributed by atoms with Gasteiger partial charge in [0.05, 0.1) is 10.7 Å². The van der Waals surface area contributed by atoms with Crippen LogP contribution in [0.3, 0.4) is 0 Å². The lowest BCUT2D eigenvalue weighted by Gasteiger charge is -2.11. The van der Waals surface area contributed by atoms with Crippen LogP contribution >= 0.6 is 11.6 Å². The van der Waals surface area contributed by atoms with Gasteiger partial charge in [0.1, 0.15) is 0 Å². The maximum atomic E-state index is 12.4. The summed E-state index contributed by atoms with van der Waals surface area (Å²) >= 11 is 6.14. The Hall–Kier alpha value is -2.33. The van der Waals surface area contributed by atoms with Crippen molar-refractivity contribution < 1.29 is 9.59 Å². The van der Waals surface area contributed by atoms with E-state index in [9.17, 15) is 9.59 Å². The number of amides is 2. The summed E-state index contributed by atoms with van der Waals surface area (Å²) in [6.45, 7) is 5.98. The minimum atomic E-state index is -0.244. The highest BCUT2D eigenvalue weighted by atomic mass is 35.5. The van der Waals surface area contributed by atoms with Crippen molar-refractivity contribution in [3.63, 3.8) is 0 Å². The minimum absolute atomic E-state index is 0.0983. The standard InChI is InChI=1S/C19H21ClN2O2/c1-4-18(23)21-15-9-10-16(20)17(11-15)22-19(24)14-7-5-13(6-8-14)12(2)3/h5-12H,4H2,1-3H3,(H,21,23)(H,22,24). The zero-order chi connectivity index (χ0) is 17.7. The second-order valence-electron chi connectivity index (χ2n) is 5.83. The van der Waals surface area contributed by atoms with E-state index >= 15 is 0 Å². The van der Waals surface area contributed by atoms with E-state index in [1.54, 1.807) is 37.3 Å². The van der Waals surface area contributed by atoms with E-state index < -0.39 is 0 Å². The molecule has 0 heterocycles. The van der Waals surface area contributed by atoms with E-state index in [1.807, 2.05) is 12.1 Å². The van der Waals surface area contributed by atoms with Crippen LogP contribution in [0.15, 0.2) is 42.5 Å². The van der Waals surface area contributed by atoms with E-state index in [-0.39, 0.29) is 11.8 Å². The monoisotopic (exact) mass is 344 g/mol. The molecule has 5 heteroatoms. The molecule has 24 heavy (non-hydrogen) atoms. The molecule has 0 atom stereocenters. The van der Waals surface area contributed by atoms with Crippen LogP contribution in [0.25, 0.3) is 0 Å². The second-order valence-corrected chi connectivity index (χ2v) is 6.23. The van der Waals surface area contributed by atoms with Gasteiger partial charge in [-0.3, -0.25) is 9.59 Å². The van der Waals surface area contributed by atoms with Crippen LogP contribution in [0.2, 0.25) is 5.02 Å². The quantitative estimate of drug-likeness (QED) is 0.796. The lowest BCUT2D eigenvalue weighted by Crippen LogP contribution is -2.13. The fourth-order valence-corrected chi connectivity index (χ4v) is 2.33. The average molecular weight is 345 g/mol. The number of carbonyl (C=O) groups excluding carboxylic acids is 2. The van der Waals surface area contributed by atoms with Crippen LogP contribution in [-0.4, -0.2) is 11.8 Å². The normalized spacial score (nSPS) is 10.5. The topological polar surface area (TPSA) is 58.2 Å². The van der Waals surface area contributed by atoms with Gasteiger partial charge in [-0.25, -0.2) is 0 Å². The molecule has 0 aliphatic heterocycles. The van der Waals surface area contributed by atoms with Gasteiger partial charge < -0.3 is 10.6 Å². The lowest BCUT2D eigenvalue weighted by molar-refractivity contribution is -0.115. The molecule has 0 radical (unpaired) electrons. The van der Waals surface area contributed by atoms with Crippen molar-refractivity contribution in [3.05, 3.63) is 58.6 Å². The molecule has 0 aromatic heterocycles. The summed E-state index contributed by atoms with van der Waals surface area (Å²) in [5.74, 6) is 0.0699. The molecule has 2 aromatic rings. The molecule has 0 fully saturated rings. The van der Waals surface area contributed by atoms with E-state index in [0.29, 0.717) is 34.3 Å². The highest BCUT2D eigenvalue weighted by molar-refractivity contribution is 6.34. The molecule has 0 saturated heterocycles. The third kappa shape index (κ3) is 4.59. The first-order valence-corrected chi connectivity index (χ1v) is 8.29. The largest absolute Gasteiger partial charge is 0.326 e. The van der Waals surface area contributed by atoms with E-state index in [4.69, 9.17) is 11.6 Å². The smallest absolute Gasteiger partial charge is 0.255 e. The molecule has 0 unspecified atom stereocenters. The van der Waals surface area contributed by atoms with Gasteiger partial charge >= 0.3 is 0 Å². The van der Waals surface area contributed by atoms with Crippen molar-refractivity contribution in [2.75, 3.05) is 10.6 Å². The Kier molecular flexibility index (Phi) is 5.99. The summed E-state index contributed by atoms with van der Waals surface area (Å²) < 4.78 is 0. The number of nitrogens with one attached hydrogen (secondary N) is 2. The summed E-state index contributed by atoms with van der Waals surface area (Å²) in [6.07, 6.45) is 0.381. The molecule has 2 aromatic carbocycles. The van der Waals surface area contributed by atoms with Crippen molar-refractivity contribution in [1.82, 2.24) is 0 Å². The average Bonchev–Trinajstić information content (AvgIpc) is 2.57. The van der Waals surface area contributed by atoms with Gasteiger partial charge in [0, 0.05) is 17.7 Å². The molecular formula is C19H21ClN2O2. The van der Waals surface area contributed by atoms with Gasteiger partial charge in [-0.05, 0) is 41.8 Å². The number of carbonyl (C=O) groups is 2. The van der Waals surface area contributed by atoms with Gasteiger partial charge in [-0.15, -0.1) is 0 Å². The molecule has 2 rings (SSSR count). The van der Waals surface area contributed by atoms with Crippen molar-refractivity contribution in [2.45, 2.75) is 33.1 Å². The van der Waals surface area contributed by atoms with Crippen molar-refractivity contribution in [3.8, 4) is 0 Å². The van der Waals surface area contributed by atoms with E-state index in [2.05, 4.69) is 24.5 Å². The molecule has 0 spiro atoms. The molecule has 0 aliphatic rings. The highest BCUT2D eigenvalue weighted by Gasteiger charge is 2.10. The Morgan fingerprint density at radius 2 is 1.71 bits per heavy atom.